The minimum absolute atomic E-state index is 0.00501. The van der Waals surface area contributed by atoms with Gasteiger partial charge < -0.3 is 9.84 Å². The number of halogens is 3. The van der Waals surface area contributed by atoms with Crippen molar-refractivity contribution in [1.82, 2.24) is 5.01 Å². The molecule has 8 heteroatoms. The Kier molecular flexibility index (Phi) is 5.41. The Morgan fingerprint density at radius 2 is 1.63 bits per heavy atom. The minimum atomic E-state index is -5.09. The zero-order chi connectivity index (χ0) is 22.3. The minimum Gasteiger partial charge on any atom is -0.497 e. The molecule has 1 atom stereocenters. The van der Waals surface area contributed by atoms with Crippen LogP contribution in [0.2, 0.25) is 0 Å². The molecule has 0 spiro atoms. The summed E-state index contributed by atoms with van der Waals surface area (Å²) in [6.07, 6.45) is -5.96. The first-order chi connectivity index (χ1) is 13.9. The van der Waals surface area contributed by atoms with Gasteiger partial charge in [0.1, 0.15) is 5.75 Å². The number of hydrazone groups is 1. The summed E-state index contributed by atoms with van der Waals surface area (Å²) >= 11 is 0. The van der Waals surface area contributed by atoms with E-state index in [4.69, 9.17) is 4.74 Å². The van der Waals surface area contributed by atoms with E-state index in [1.807, 2.05) is 20.8 Å². The van der Waals surface area contributed by atoms with Gasteiger partial charge in [0.25, 0.3) is 11.6 Å². The fourth-order valence-electron chi connectivity index (χ4n) is 3.16. The molecule has 0 saturated carbocycles. The van der Waals surface area contributed by atoms with E-state index in [-0.39, 0.29) is 21.7 Å². The highest BCUT2D eigenvalue weighted by atomic mass is 19.4. The number of rotatable bonds is 3. The van der Waals surface area contributed by atoms with Crippen LogP contribution in [0, 0.1) is 0 Å². The smallest absolute Gasteiger partial charge is 0.438 e. The lowest BCUT2D eigenvalue weighted by Crippen LogP contribution is -2.56. The summed E-state index contributed by atoms with van der Waals surface area (Å²) in [4.78, 5) is 12.9. The number of hydrogen-bond acceptors (Lipinski definition) is 4. The standard InChI is InChI=1S/C22H23F3N2O3/c1-20(2,3)16-9-5-15(6-10-16)19(28)27-21(29,22(23,24)25)13-18(26-27)14-7-11-17(30-4)12-8-14/h5-12,29H,13H2,1-4H3/t21-/m0/s1. The van der Waals surface area contributed by atoms with Crippen LogP contribution in [0.3, 0.4) is 0 Å². The van der Waals surface area contributed by atoms with E-state index >= 15 is 0 Å². The van der Waals surface area contributed by atoms with Gasteiger partial charge in [0, 0.05) is 5.56 Å². The number of aliphatic hydroxyl groups is 1. The molecule has 1 amide bonds. The molecule has 3 rings (SSSR count). The Hall–Kier alpha value is -2.87. The molecule has 0 unspecified atom stereocenters. The van der Waals surface area contributed by atoms with Crippen molar-refractivity contribution in [3.05, 3.63) is 65.2 Å². The molecule has 2 aromatic rings. The van der Waals surface area contributed by atoms with Gasteiger partial charge >= 0.3 is 6.18 Å². The monoisotopic (exact) mass is 420 g/mol. The number of ether oxygens (including phenoxy) is 1. The Bertz CT molecular complexity index is 961. The third kappa shape index (κ3) is 3.92. The van der Waals surface area contributed by atoms with Gasteiger partial charge in [-0.25, -0.2) is 0 Å². The first kappa shape index (κ1) is 21.8. The summed E-state index contributed by atoms with van der Waals surface area (Å²) in [5.41, 5.74) is -2.36. The summed E-state index contributed by atoms with van der Waals surface area (Å²) in [6, 6.07) is 12.5. The van der Waals surface area contributed by atoms with Crippen LogP contribution in [0.1, 0.15) is 48.7 Å². The highest BCUT2D eigenvalue weighted by molar-refractivity contribution is 6.05. The fourth-order valence-corrected chi connectivity index (χ4v) is 3.16. The molecule has 1 aliphatic heterocycles. The Balaban J connectivity index is 1.99. The number of nitrogens with zero attached hydrogens (tertiary/aromatic N) is 2. The quantitative estimate of drug-likeness (QED) is 0.796. The largest absolute Gasteiger partial charge is 0.497 e. The van der Waals surface area contributed by atoms with Crippen LogP contribution in [-0.4, -0.2) is 40.7 Å². The molecule has 0 aliphatic carbocycles. The van der Waals surface area contributed by atoms with Crippen LogP contribution in [0.5, 0.6) is 5.75 Å². The number of amides is 1. The second-order valence-electron chi connectivity index (χ2n) is 8.21. The average Bonchev–Trinajstić information content (AvgIpc) is 3.06. The lowest BCUT2D eigenvalue weighted by molar-refractivity contribution is -0.297. The lowest BCUT2D eigenvalue weighted by atomic mass is 9.86. The Morgan fingerprint density at radius 3 is 2.10 bits per heavy atom. The second kappa shape index (κ2) is 7.43. The molecule has 0 fully saturated rings. The highest BCUT2D eigenvalue weighted by Crippen LogP contribution is 2.42. The van der Waals surface area contributed by atoms with Gasteiger partial charge in [0.2, 0.25) is 0 Å². The van der Waals surface area contributed by atoms with Crippen LogP contribution < -0.4 is 4.74 Å². The molecule has 1 heterocycles. The molecule has 5 nitrogen and oxygen atoms in total. The number of carbonyl (C=O) groups excluding carboxylic acids is 1. The van der Waals surface area contributed by atoms with E-state index in [1.165, 1.54) is 31.4 Å². The van der Waals surface area contributed by atoms with Crippen molar-refractivity contribution in [2.75, 3.05) is 7.11 Å². The number of methoxy groups -OCH3 is 1. The van der Waals surface area contributed by atoms with E-state index in [2.05, 4.69) is 5.10 Å². The molecule has 0 aromatic heterocycles. The Morgan fingerprint density at radius 1 is 1.07 bits per heavy atom. The molecule has 1 aliphatic rings. The number of hydrogen-bond donors (Lipinski definition) is 1. The molecular formula is C22H23F3N2O3. The summed E-state index contributed by atoms with van der Waals surface area (Å²) in [7, 11) is 1.47. The van der Waals surface area contributed by atoms with E-state index in [0.29, 0.717) is 11.3 Å². The maximum atomic E-state index is 13.8. The predicted molar refractivity (Wildman–Crippen MR) is 106 cm³/mol. The molecule has 0 radical (unpaired) electrons. The van der Waals surface area contributed by atoms with Gasteiger partial charge in [-0.1, -0.05) is 32.9 Å². The van der Waals surface area contributed by atoms with E-state index in [1.54, 1.807) is 24.3 Å². The van der Waals surface area contributed by atoms with Crippen LogP contribution in [-0.2, 0) is 5.41 Å². The van der Waals surface area contributed by atoms with Crippen molar-refractivity contribution >= 4 is 11.6 Å². The maximum absolute atomic E-state index is 13.8. The van der Waals surface area contributed by atoms with Gasteiger partial charge in [-0.15, -0.1) is 0 Å². The molecule has 2 aromatic carbocycles. The zero-order valence-electron chi connectivity index (χ0n) is 17.1. The van der Waals surface area contributed by atoms with Gasteiger partial charge in [-0.3, -0.25) is 4.79 Å². The van der Waals surface area contributed by atoms with Crippen molar-refractivity contribution in [2.45, 2.75) is 44.5 Å². The molecule has 1 N–H and O–H groups in total. The first-order valence-corrected chi connectivity index (χ1v) is 9.33. The average molecular weight is 420 g/mol. The topological polar surface area (TPSA) is 62.1 Å². The normalized spacial score (nSPS) is 19.6. The van der Waals surface area contributed by atoms with Crippen molar-refractivity contribution in [3.8, 4) is 5.75 Å². The molecule has 0 bridgehead atoms. The zero-order valence-corrected chi connectivity index (χ0v) is 17.1. The SMILES string of the molecule is COc1ccc(C2=NN(C(=O)c3ccc(C(C)(C)C)cc3)[C@@](O)(C(F)(F)F)C2)cc1. The van der Waals surface area contributed by atoms with Gasteiger partial charge in [-0.05, 0) is 52.9 Å². The van der Waals surface area contributed by atoms with E-state index < -0.39 is 24.2 Å². The van der Waals surface area contributed by atoms with Gasteiger partial charge in [0.15, 0.2) is 0 Å². The molecule has 160 valence electrons. The highest BCUT2D eigenvalue weighted by Gasteiger charge is 2.63. The van der Waals surface area contributed by atoms with Crippen LogP contribution in [0.15, 0.2) is 53.6 Å². The van der Waals surface area contributed by atoms with E-state index in [0.717, 1.165) is 5.56 Å². The molecule has 0 saturated heterocycles. The third-order valence-corrected chi connectivity index (χ3v) is 5.05. The van der Waals surface area contributed by atoms with Gasteiger partial charge in [0.05, 0.1) is 19.2 Å². The number of benzene rings is 2. The Labute approximate surface area is 172 Å². The van der Waals surface area contributed by atoms with Gasteiger partial charge in [-0.2, -0.15) is 23.3 Å². The predicted octanol–water partition coefficient (Wildman–Crippen LogP) is 4.49. The van der Waals surface area contributed by atoms with Crippen LogP contribution >= 0.6 is 0 Å². The maximum Gasteiger partial charge on any atom is 0.438 e. The second-order valence-corrected chi connectivity index (χ2v) is 8.21. The van der Waals surface area contributed by atoms with Crippen LogP contribution in [0.25, 0.3) is 0 Å². The lowest BCUT2D eigenvalue weighted by Gasteiger charge is -2.32. The van der Waals surface area contributed by atoms with Crippen molar-refractivity contribution < 1.29 is 27.8 Å². The summed E-state index contributed by atoms with van der Waals surface area (Å²) in [5, 5.41) is 14.5. The van der Waals surface area contributed by atoms with Crippen molar-refractivity contribution in [3.63, 3.8) is 0 Å². The van der Waals surface area contributed by atoms with Crippen LogP contribution in [0.4, 0.5) is 13.2 Å². The number of carbonyl (C=O) groups is 1. The summed E-state index contributed by atoms with van der Waals surface area (Å²) < 4.78 is 46.3. The third-order valence-electron chi connectivity index (χ3n) is 5.05. The summed E-state index contributed by atoms with van der Waals surface area (Å²) in [5.74, 6) is -0.505. The number of alkyl halides is 3. The van der Waals surface area contributed by atoms with E-state index in [9.17, 15) is 23.1 Å². The molecular weight excluding hydrogens is 397 g/mol. The first-order valence-electron chi connectivity index (χ1n) is 9.33. The van der Waals surface area contributed by atoms with Crippen molar-refractivity contribution in [2.24, 2.45) is 5.10 Å². The summed E-state index contributed by atoms with van der Waals surface area (Å²) in [6.45, 7) is 5.95. The molecule has 30 heavy (non-hydrogen) atoms. The fraction of sp³-hybridized carbons (Fsp3) is 0.364. The van der Waals surface area contributed by atoms with Crippen molar-refractivity contribution in [1.29, 1.82) is 0 Å².